The van der Waals surface area contributed by atoms with Crippen LogP contribution in [0.25, 0.3) is 0 Å². The van der Waals surface area contributed by atoms with Gasteiger partial charge in [0.15, 0.2) is 24.1 Å². The molecule has 0 amide bonds. The number of carbonyl (C=O) groups excluding carboxylic acids is 3. The molecule has 7 unspecified atom stereocenters. The minimum Gasteiger partial charge on any atom is -0.507 e. The highest BCUT2D eigenvalue weighted by atomic mass is 35.5. The molecule has 0 aromatic heterocycles. The molecule has 2 aliphatic carbocycles. The fraction of sp³-hybridized carbons (Fsp3) is 0.531. The number of halogens is 1. The molecule has 6 rings (SSSR count). The molecule has 13 nitrogen and oxygen atoms in total. The highest BCUT2D eigenvalue weighted by Gasteiger charge is 2.50. The quantitative estimate of drug-likeness (QED) is 0.230. The van der Waals surface area contributed by atoms with Gasteiger partial charge in [0, 0.05) is 48.6 Å². The molecule has 6 N–H and O–H groups in total. The number of phenols is 2. The molecule has 2 fully saturated rings. The molecule has 0 saturated carbocycles. The number of methoxy groups -OCH3 is 1. The Morgan fingerprint density at radius 2 is 1.80 bits per heavy atom. The number of phenolic OH excluding ortho intramolecular Hbond substituents is 2. The molecule has 4 aliphatic rings. The monoisotopic (exact) mass is 663 g/mol. The van der Waals surface area contributed by atoms with Crippen molar-refractivity contribution in [3.63, 3.8) is 0 Å². The van der Waals surface area contributed by atoms with Crippen molar-refractivity contribution in [2.45, 2.75) is 88.0 Å². The van der Waals surface area contributed by atoms with Crippen LogP contribution in [0.2, 0.25) is 0 Å². The second-order valence-electron chi connectivity index (χ2n) is 12.1. The summed E-state index contributed by atoms with van der Waals surface area (Å²) in [4.78, 5) is 40.2. The van der Waals surface area contributed by atoms with Gasteiger partial charge in [-0.2, -0.15) is 0 Å². The molecular weight excluding hydrogens is 626 g/mol. The number of aromatic hydroxyl groups is 2. The smallest absolute Gasteiger partial charge is 0.202 e. The van der Waals surface area contributed by atoms with E-state index in [1.165, 1.54) is 25.3 Å². The molecule has 250 valence electrons. The third kappa shape index (κ3) is 5.69. The van der Waals surface area contributed by atoms with E-state index in [4.69, 9.17) is 29.4 Å². The number of ketones is 3. The van der Waals surface area contributed by atoms with Crippen LogP contribution in [0.15, 0.2) is 18.2 Å². The lowest BCUT2D eigenvalue weighted by atomic mass is 9.72. The zero-order chi connectivity index (χ0) is 32.2. The highest BCUT2D eigenvalue weighted by molar-refractivity contribution is 6.31. The van der Waals surface area contributed by atoms with Gasteiger partial charge in [0.1, 0.15) is 35.6 Å². The maximum Gasteiger partial charge on any atom is 0.202 e. The topological polar surface area (TPSA) is 204 Å². The maximum absolute atomic E-state index is 13.8. The van der Waals surface area contributed by atoms with Crippen molar-refractivity contribution < 1.29 is 58.5 Å². The van der Waals surface area contributed by atoms with Crippen LogP contribution < -0.4 is 10.5 Å². The zero-order valence-electron chi connectivity index (χ0n) is 25.4. The van der Waals surface area contributed by atoms with Gasteiger partial charge in [0.2, 0.25) is 5.78 Å². The Morgan fingerprint density at radius 1 is 1.07 bits per heavy atom. The molecule has 7 atom stereocenters. The first-order valence-corrected chi connectivity index (χ1v) is 15.1. The second kappa shape index (κ2) is 13.2. The highest BCUT2D eigenvalue weighted by Crippen LogP contribution is 2.52. The van der Waals surface area contributed by atoms with Gasteiger partial charge in [-0.3, -0.25) is 14.4 Å². The van der Waals surface area contributed by atoms with Gasteiger partial charge in [-0.15, -0.1) is 12.4 Å². The lowest BCUT2D eigenvalue weighted by molar-refractivity contribution is -0.281. The summed E-state index contributed by atoms with van der Waals surface area (Å²) in [5.41, 5.74) is 2.98. The van der Waals surface area contributed by atoms with Gasteiger partial charge in [0.25, 0.3) is 0 Å². The number of hydrogen-bond donors (Lipinski definition) is 5. The van der Waals surface area contributed by atoms with E-state index >= 15 is 0 Å². The van der Waals surface area contributed by atoms with E-state index in [2.05, 4.69) is 0 Å². The lowest BCUT2D eigenvalue weighted by Crippen LogP contribution is -2.55. The van der Waals surface area contributed by atoms with Crippen LogP contribution in [0.3, 0.4) is 0 Å². The van der Waals surface area contributed by atoms with Crippen LogP contribution in [0.5, 0.6) is 17.2 Å². The number of rotatable bonds is 7. The van der Waals surface area contributed by atoms with Crippen LogP contribution in [0, 0.1) is 0 Å². The first-order valence-electron chi connectivity index (χ1n) is 15.1. The molecule has 46 heavy (non-hydrogen) atoms. The number of benzene rings is 2. The second-order valence-corrected chi connectivity index (χ2v) is 12.1. The Kier molecular flexibility index (Phi) is 9.79. The number of Topliss-reactive ketones (excluding diaryl/α,β-unsaturated/α-hetero) is 1. The van der Waals surface area contributed by atoms with Gasteiger partial charge in [-0.1, -0.05) is 12.1 Å². The molecule has 2 heterocycles. The first-order chi connectivity index (χ1) is 21.5. The molecule has 2 aliphatic heterocycles. The molecule has 0 radical (unpaired) electrons. The molecule has 0 bridgehead atoms. The SMILES string of the molecule is COc1cccc2c1C(=O)c1c(O)c3c(c(O)c1C2=O)CC(O)(C(=O)CO)CC3OC1CC(N)C(OC2CCCCO2)C(C)O1.Cl. The lowest BCUT2D eigenvalue weighted by Gasteiger charge is -2.43. The van der Waals surface area contributed by atoms with Crippen LogP contribution in [-0.4, -0.2) is 94.5 Å². The Hall–Kier alpha value is -3.14. The maximum atomic E-state index is 13.8. The van der Waals surface area contributed by atoms with Crippen molar-refractivity contribution in [3.05, 3.63) is 51.6 Å². The molecule has 2 aromatic carbocycles. The predicted molar refractivity (Wildman–Crippen MR) is 161 cm³/mol. The molecule has 14 heteroatoms. The van der Waals surface area contributed by atoms with Crippen molar-refractivity contribution in [2.24, 2.45) is 5.73 Å². The van der Waals surface area contributed by atoms with Crippen molar-refractivity contribution in [3.8, 4) is 17.2 Å². The number of fused-ring (bicyclic) bond motifs is 3. The van der Waals surface area contributed by atoms with Gasteiger partial charge in [0.05, 0.1) is 36.0 Å². The number of ether oxygens (including phenoxy) is 5. The molecule has 0 spiro atoms. The summed E-state index contributed by atoms with van der Waals surface area (Å²) in [5, 5.41) is 44.2. The predicted octanol–water partition coefficient (Wildman–Crippen LogP) is 1.97. The Morgan fingerprint density at radius 3 is 2.46 bits per heavy atom. The normalized spacial score (nSPS) is 30.5. The van der Waals surface area contributed by atoms with Crippen molar-refractivity contribution in [1.82, 2.24) is 0 Å². The van der Waals surface area contributed by atoms with Crippen LogP contribution in [0.4, 0.5) is 0 Å². The number of nitrogens with two attached hydrogens (primary N) is 1. The Balaban J connectivity index is 0.00000417. The van der Waals surface area contributed by atoms with E-state index in [0.29, 0.717) is 6.61 Å². The average Bonchev–Trinajstić information content (AvgIpc) is 3.02. The van der Waals surface area contributed by atoms with Crippen LogP contribution in [-0.2, 0) is 30.2 Å². The van der Waals surface area contributed by atoms with E-state index in [9.17, 15) is 34.8 Å². The van der Waals surface area contributed by atoms with E-state index in [-0.39, 0.29) is 46.8 Å². The summed E-state index contributed by atoms with van der Waals surface area (Å²) in [6.07, 6.45) is -2.03. The fourth-order valence-electron chi connectivity index (χ4n) is 6.95. The number of aliphatic hydroxyl groups excluding tert-OH is 1. The summed E-state index contributed by atoms with van der Waals surface area (Å²) in [6, 6.07) is 3.86. The van der Waals surface area contributed by atoms with Gasteiger partial charge < -0.3 is 49.8 Å². The van der Waals surface area contributed by atoms with Gasteiger partial charge in [-0.05, 0) is 32.3 Å². The summed E-state index contributed by atoms with van der Waals surface area (Å²) in [7, 11) is 1.34. The van der Waals surface area contributed by atoms with Crippen molar-refractivity contribution in [2.75, 3.05) is 20.3 Å². The summed E-state index contributed by atoms with van der Waals surface area (Å²) in [5.74, 6) is -3.67. The summed E-state index contributed by atoms with van der Waals surface area (Å²) < 4.78 is 29.5. The minimum atomic E-state index is -2.24. The van der Waals surface area contributed by atoms with Crippen molar-refractivity contribution in [1.29, 1.82) is 0 Å². The molecule has 2 aromatic rings. The third-order valence-electron chi connectivity index (χ3n) is 9.22. The van der Waals surface area contributed by atoms with E-state index in [1.54, 1.807) is 6.92 Å². The van der Waals surface area contributed by atoms with Gasteiger partial charge >= 0.3 is 0 Å². The summed E-state index contributed by atoms with van der Waals surface area (Å²) >= 11 is 0. The first kappa shape index (κ1) is 34.2. The van der Waals surface area contributed by atoms with Crippen LogP contribution in [0.1, 0.15) is 88.1 Å². The number of carbonyl (C=O) groups is 3. The Labute approximate surface area is 270 Å². The van der Waals surface area contributed by atoms with E-state index in [1.807, 2.05) is 0 Å². The van der Waals surface area contributed by atoms with E-state index in [0.717, 1.165) is 19.3 Å². The minimum absolute atomic E-state index is 0. The zero-order valence-corrected chi connectivity index (χ0v) is 26.2. The standard InChI is InChI=1S/C32H37NO12.ClH/c1-14-31(45-21-8-3-4-9-42-21)17(33)10-22(43-14)44-19-12-32(40,20(35)13-34)11-16-24(19)30(39)26-25(28(16)37)27(36)15-6-5-7-18(41-2)23(15)29(26)38;/h5-7,14,17,19,21-22,31,34,37,39-40H,3-4,8-13,33H2,1-2H3;1H. The van der Waals surface area contributed by atoms with Crippen LogP contribution >= 0.6 is 12.4 Å². The third-order valence-corrected chi connectivity index (χ3v) is 9.22. The van der Waals surface area contributed by atoms with Crippen molar-refractivity contribution >= 4 is 29.8 Å². The molecular formula is C32H38ClNO12. The molecule has 2 saturated heterocycles. The van der Waals surface area contributed by atoms with Gasteiger partial charge in [-0.25, -0.2) is 0 Å². The number of hydrogen-bond acceptors (Lipinski definition) is 13. The number of aliphatic hydroxyl groups is 2. The summed E-state index contributed by atoms with van der Waals surface area (Å²) in [6.45, 7) is 1.35. The average molecular weight is 664 g/mol. The fourth-order valence-corrected chi connectivity index (χ4v) is 6.95. The largest absolute Gasteiger partial charge is 0.507 e. The van der Waals surface area contributed by atoms with E-state index < -0.39 is 102 Å². The Bertz CT molecular complexity index is 1530.